The van der Waals surface area contributed by atoms with E-state index in [1.54, 1.807) is 13.0 Å². The molecule has 6 nitrogen and oxygen atoms in total. The van der Waals surface area contributed by atoms with E-state index in [0.717, 1.165) is 5.69 Å². The number of nitrogens with one attached hydrogen (secondary N) is 1. The highest BCUT2D eigenvalue weighted by Crippen LogP contribution is 2.26. The van der Waals surface area contributed by atoms with Crippen molar-refractivity contribution in [2.75, 3.05) is 5.32 Å². The van der Waals surface area contributed by atoms with Gasteiger partial charge >= 0.3 is 5.97 Å². The lowest BCUT2D eigenvalue weighted by atomic mass is 10.2. The molecule has 0 aliphatic rings. The van der Waals surface area contributed by atoms with Crippen molar-refractivity contribution < 1.29 is 15.0 Å². The SMILES string of the molecule is Cc1cc(Nc2cc(C(=O)O)ccc2O)ncn1. The van der Waals surface area contributed by atoms with Crippen LogP contribution in [0.3, 0.4) is 0 Å². The molecule has 2 aromatic rings. The Morgan fingerprint density at radius 1 is 1.28 bits per heavy atom. The number of aromatic hydroxyl groups is 1. The van der Waals surface area contributed by atoms with E-state index >= 15 is 0 Å². The normalized spacial score (nSPS) is 10.1. The van der Waals surface area contributed by atoms with E-state index in [-0.39, 0.29) is 17.0 Å². The van der Waals surface area contributed by atoms with Crippen LogP contribution < -0.4 is 5.32 Å². The minimum absolute atomic E-state index is 0.0451. The van der Waals surface area contributed by atoms with E-state index < -0.39 is 5.97 Å². The Kier molecular flexibility index (Phi) is 3.09. The van der Waals surface area contributed by atoms with Gasteiger partial charge in [-0.2, -0.15) is 0 Å². The van der Waals surface area contributed by atoms with Crippen molar-refractivity contribution in [3.05, 3.63) is 41.9 Å². The first-order valence-corrected chi connectivity index (χ1v) is 5.18. The van der Waals surface area contributed by atoms with Gasteiger partial charge in [-0.1, -0.05) is 0 Å². The second-order valence-corrected chi connectivity index (χ2v) is 3.71. The van der Waals surface area contributed by atoms with Crippen molar-refractivity contribution >= 4 is 17.5 Å². The molecular formula is C12H11N3O3. The first-order valence-electron chi connectivity index (χ1n) is 5.18. The monoisotopic (exact) mass is 245 g/mol. The molecule has 0 unspecified atom stereocenters. The minimum Gasteiger partial charge on any atom is -0.506 e. The third kappa shape index (κ3) is 2.54. The zero-order valence-electron chi connectivity index (χ0n) is 9.58. The minimum atomic E-state index is -1.06. The van der Waals surface area contributed by atoms with E-state index in [1.807, 2.05) is 0 Å². The standard InChI is InChI=1S/C12H11N3O3/c1-7-4-11(14-6-13-7)15-9-5-8(12(17)18)2-3-10(9)16/h2-6,16H,1H3,(H,17,18)(H,13,14,15). The van der Waals surface area contributed by atoms with Gasteiger partial charge in [0.15, 0.2) is 0 Å². The maximum Gasteiger partial charge on any atom is 0.335 e. The van der Waals surface area contributed by atoms with E-state index in [2.05, 4.69) is 15.3 Å². The largest absolute Gasteiger partial charge is 0.506 e. The van der Waals surface area contributed by atoms with Crippen LogP contribution >= 0.6 is 0 Å². The highest BCUT2D eigenvalue weighted by molar-refractivity contribution is 5.89. The van der Waals surface area contributed by atoms with Gasteiger partial charge < -0.3 is 15.5 Å². The summed E-state index contributed by atoms with van der Waals surface area (Å²) in [5.74, 6) is -0.617. The Morgan fingerprint density at radius 3 is 2.72 bits per heavy atom. The second kappa shape index (κ2) is 4.70. The molecule has 2 rings (SSSR count). The number of carboxylic acids is 1. The van der Waals surface area contributed by atoms with Crippen LogP contribution in [0.25, 0.3) is 0 Å². The molecule has 1 aromatic carbocycles. The van der Waals surface area contributed by atoms with Gasteiger partial charge in [0.25, 0.3) is 0 Å². The zero-order chi connectivity index (χ0) is 13.1. The molecule has 3 N–H and O–H groups in total. The zero-order valence-corrected chi connectivity index (χ0v) is 9.58. The molecule has 0 radical (unpaired) electrons. The number of carbonyl (C=O) groups is 1. The quantitative estimate of drug-likeness (QED) is 0.715. The topological polar surface area (TPSA) is 95.3 Å². The number of aromatic carboxylic acids is 1. The predicted molar refractivity (Wildman–Crippen MR) is 65.1 cm³/mol. The van der Waals surface area contributed by atoms with Crippen molar-refractivity contribution in [3.63, 3.8) is 0 Å². The molecular weight excluding hydrogens is 234 g/mol. The van der Waals surface area contributed by atoms with Gasteiger partial charge in [0, 0.05) is 11.8 Å². The summed E-state index contributed by atoms with van der Waals surface area (Å²) in [5, 5.41) is 21.4. The van der Waals surface area contributed by atoms with Gasteiger partial charge in [0.2, 0.25) is 0 Å². The van der Waals surface area contributed by atoms with Crippen molar-refractivity contribution in [1.82, 2.24) is 9.97 Å². The molecule has 18 heavy (non-hydrogen) atoms. The average molecular weight is 245 g/mol. The van der Waals surface area contributed by atoms with Crippen LogP contribution in [0.2, 0.25) is 0 Å². The van der Waals surface area contributed by atoms with Crippen LogP contribution in [-0.2, 0) is 0 Å². The number of carboxylic acid groups (broad SMARTS) is 1. The summed E-state index contributed by atoms with van der Waals surface area (Å²) in [6, 6.07) is 5.68. The van der Waals surface area contributed by atoms with Crippen molar-refractivity contribution in [2.24, 2.45) is 0 Å². The Balaban J connectivity index is 2.33. The van der Waals surface area contributed by atoms with Gasteiger partial charge in [-0.25, -0.2) is 14.8 Å². The number of phenolic OH excluding ortho intramolecular Hbond substituents is 1. The highest BCUT2D eigenvalue weighted by Gasteiger charge is 2.08. The molecule has 0 saturated carbocycles. The molecule has 0 saturated heterocycles. The number of benzene rings is 1. The van der Waals surface area contributed by atoms with Crippen LogP contribution in [-0.4, -0.2) is 26.2 Å². The number of aromatic nitrogens is 2. The molecule has 0 fully saturated rings. The average Bonchev–Trinajstić information content (AvgIpc) is 2.31. The summed E-state index contributed by atoms with van der Waals surface area (Å²) < 4.78 is 0. The van der Waals surface area contributed by atoms with Crippen molar-refractivity contribution in [1.29, 1.82) is 0 Å². The van der Waals surface area contributed by atoms with Gasteiger partial charge in [-0.15, -0.1) is 0 Å². The Morgan fingerprint density at radius 2 is 2.06 bits per heavy atom. The molecule has 0 aliphatic carbocycles. The van der Waals surface area contributed by atoms with E-state index in [4.69, 9.17) is 5.11 Å². The predicted octanol–water partition coefficient (Wildman–Crippen LogP) is 1.93. The third-order valence-corrected chi connectivity index (χ3v) is 2.31. The summed E-state index contributed by atoms with van der Waals surface area (Å²) >= 11 is 0. The number of hydrogen-bond donors (Lipinski definition) is 3. The van der Waals surface area contributed by atoms with E-state index in [9.17, 15) is 9.90 Å². The van der Waals surface area contributed by atoms with Crippen LogP contribution in [0.4, 0.5) is 11.5 Å². The fourth-order valence-electron chi connectivity index (χ4n) is 1.43. The summed E-state index contributed by atoms with van der Waals surface area (Å²) in [5.41, 5.74) is 1.13. The van der Waals surface area contributed by atoms with E-state index in [1.165, 1.54) is 24.5 Å². The summed E-state index contributed by atoms with van der Waals surface area (Å²) in [4.78, 5) is 18.7. The number of anilines is 2. The Bertz CT molecular complexity index is 599. The third-order valence-electron chi connectivity index (χ3n) is 2.31. The van der Waals surface area contributed by atoms with Gasteiger partial charge in [0.05, 0.1) is 11.3 Å². The summed E-state index contributed by atoms with van der Waals surface area (Å²) in [6.07, 6.45) is 1.38. The van der Waals surface area contributed by atoms with Crippen LogP contribution in [0, 0.1) is 6.92 Å². The number of phenols is 1. The lowest BCUT2D eigenvalue weighted by Gasteiger charge is -2.08. The molecule has 1 aromatic heterocycles. The number of rotatable bonds is 3. The maximum absolute atomic E-state index is 10.8. The van der Waals surface area contributed by atoms with Gasteiger partial charge in [-0.05, 0) is 25.1 Å². The first-order chi connectivity index (χ1) is 8.56. The molecule has 92 valence electrons. The number of aryl methyl sites for hydroxylation is 1. The fourth-order valence-corrected chi connectivity index (χ4v) is 1.43. The molecule has 0 bridgehead atoms. The molecule has 0 aliphatic heterocycles. The van der Waals surface area contributed by atoms with Gasteiger partial charge in [-0.3, -0.25) is 0 Å². The molecule has 6 heteroatoms. The van der Waals surface area contributed by atoms with Crippen LogP contribution in [0.15, 0.2) is 30.6 Å². The van der Waals surface area contributed by atoms with Crippen LogP contribution in [0.1, 0.15) is 16.1 Å². The molecule has 0 spiro atoms. The number of hydrogen-bond acceptors (Lipinski definition) is 5. The molecule has 0 atom stereocenters. The highest BCUT2D eigenvalue weighted by atomic mass is 16.4. The molecule has 0 amide bonds. The van der Waals surface area contributed by atoms with Crippen LogP contribution in [0.5, 0.6) is 5.75 Å². The van der Waals surface area contributed by atoms with Crippen molar-refractivity contribution in [2.45, 2.75) is 6.92 Å². The lowest BCUT2D eigenvalue weighted by molar-refractivity contribution is 0.0697. The van der Waals surface area contributed by atoms with Gasteiger partial charge in [0.1, 0.15) is 17.9 Å². The fraction of sp³-hybridized carbons (Fsp3) is 0.0833. The van der Waals surface area contributed by atoms with Crippen molar-refractivity contribution in [3.8, 4) is 5.75 Å². The lowest BCUT2D eigenvalue weighted by Crippen LogP contribution is -2.00. The number of nitrogens with zero attached hydrogens (tertiary/aromatic N) is 2. The second-order valence-electron chi connectivity index (χ2n) is 3.71. The smallest absolute Gasteiger partial charge is 0.335 e. The van der Waals surface area contributed by atoms with E-state index in [0.29, 0.717) is 5.82 Å². The Hall–Kier alpha value is -2.63. The Labute approximate surface area is 103 Å². The summed E-state index contributed by atoms with van der Waals surface area (Å²) in [6.45, 7) is 1.81. The first kappa shape index (κ1) is 11.8. The maximum atomic E-state index is 10.8. The molecule has 1 heterocycles. The summed E-state index contributed by atoms with van der Waals surface area (Å²) in [7, 11) is 0.